The summed E-state index contributed by atoms with van der Waals surface area (Å²) in [7, 11) is 0. The fraction of sp³-hybridized carbons (Fsp3) is 0.308. The Balaban J connectivity index is 2.53. The molecule has 0 saturated carbocycles. The molecular formula is C13H16N2O. The van der Waals surface area contributed by atoms with Crippen LogP contribution in [0.2, 0.25) is 0 Å². The summed E-state index contributed by atoms with van der Waals surface area (Å²) in [4.78, 5) is 0. The van der Waals surface area contributed by atoms with Crippen LogP contribution in [-0.4, -0.2) is 15.3 Å². The van der Waals surface area contributed by atoms with E-state index in [1.165, 1.54) is 0 Å². The lowest BCUT2D eigenvalue weighted by Gasteiger charge is -2.18. The van der Waals surface area contributed by atoms with E-state index >= 15 is 0 Å². The van der Waals surface area contributed by atoms with Gasteiger partial charge in [0.25, 0.3) is 0 Å². The number of aromatic amines is 1. The summed E-state index contributed by atoms with van der Waals surface area (Å²) in [5.74, 6) is 0.270. The SMILES string of the molecule is CC(C)(C)c1cn[nH]c1-c1cccc(O)c1. The van der Waals surface area contributed by atoms with Gasteiger partial charge in [-0.2, -0.15) is 5.10 Å². The van der Waals surface area contributed by atoms with Crippen molar-refractivity contribution >= 4 is 0 Å². The lowest BCUT2D eigenvalue weighted by atomic mass is 9.86. The first-order chi connectivity index (χ1) is 7.48. The van der Waals surface area contributed by atoms with Gasteiger partial charge in [0, 0.05) is 11.1 Å². The van der Waals surface area contributed by atoms with Gasteiger partial charge in [0.05, 0.1) is 11.9 Å². The van der Waals surface area contributed by atoms with E-state index < -0.39 is 0 Å². The normalized spacial score (nSPS) is 11.7. The van der Waals surface area contributed by atoms with Gasteiger partial charge in [-0.3, -0.25) is 5.10 Å². The molecule has 84 valence electrons. The van der Waals surface area contributed by atoms with Crippen LogP contribution in [0.5, 0.6) is 5.75 Å². The summed E-state index contributed by atoms with van der Waals surface area (Å²) in [6.45, 7) is 6.43. The van der Waals surface area contributed by atoms with Gasteiger partial charge < -0.3 is 5.11 Å². The van der Waals surface area contributed by atoms with Crippen LogP contribution in [0.3, 0.4) is 0 Å². The summed E-state index contributed by atoms with van der Waals surface area (Å²) in [5.41, 5.74) is 3.12. The minimum absolute atomic E-state index is 0.0355. The van der Waals surface area contributed by atoms with Crippen LogP contribution in [0.15, 0.2) is 30.5 Å². The van der Waals surface area contributed by atoms with Gasteiger partial charge >= 0.3 is 0 Å². The Morgan fingerprint density at radius 1 is 1.25 bits per heavy atom. The van der Waals surface area contributed by atoms with E-state index in [0.717, 1.165) is 16.8 Å². The molecule has 3 heteroatoms. The van der Waals surface area contributed by atoms with Crippen molar-refractivity contribution in [1.82, 2.24) is 10.2 Å². The first-order valence-corrected chi connectivity index (χ1v) is 5.32. The molecule has 0 aliphatic rings. The third kappa shape index (κ3) is 1.94. The van der Waals surface area contributed by atoms with E-state index in [-0.39, 0.29) is 11.2 Å². The molecular weight excluding hydrogens is 200 g/mol. The average Bonchev–Trinajstić information content (AvgIpc) is 2.65. The van der Waals surface area contributed by atoms with Gasteiger partial charge in [-0.05, 0) is 17.5 Å². The fourth-order valence-corrected chi connectivity index (χ4v) is 1.74. The van der Waals surface area contributed by atoms with Crippen molar-refractivity contribution in [2.45, 2.75) is 26.2 Å². The number of aromatic hydroxyl groups is 1. The largest absolute Gasteiger partial charge is 0.508 e. The summed E-state index contributed by atoms with van der Waals surface area (Å²) in [6, 6.07) is 7.19. The Morgan fingerprint density at radius 2 is 2.00 bits per heavy atom. The molecule has 2 rings (SSSR count). The van der Waals surface area contributed by atoms with Crippen LogP contribution >= 0.6 is 0 Å². The highest BCUT2D eigenvalue weighted by Crippen LogP contribution is 2.32. The number of hydrogen-bond donors (Lipinski definition) is 2. The molecule has 0 aliphatic carbocycles. The third-order valence-electron chi connectivity index (χ3n) is 2.58. The van der Waals surface area contributed by atoms with Crippen molar-refractivity contribution in [2.75, 3.05) is 0 Å². The average molecular weight is 216 g/mol. The van der Waals surface area contributed by atoms with Gasteiger partial charge in [0.15, 0.2) is 0 Å². The Hall–Kier alpha value is -1.77. The topological polar surface area (TPSA) is 48.9 Å². The zero-order valence-electron chi connectivity index (χ0n) is 9.78. The molecule has 0 radical (unpaired) electrons. The number of hydrogen-bond acceptors (Lipinski definition) is 2. The van der Waals surface area contributed by atoms with Gasteiger partial charge in [-0.25, -0.2) is 0 Å². The van der Waals surface area contributed by atoms with E-state index in [9.17, 15) is 5.11 Å². The summed E-state index contributed by atoms with van der Waals surface area (Å²) in [6.07, 6.45) is 1.85. The van der Waals surface area contributed by atoms with Crippen LogP contribution in [-0.2, 0) is 5.41 Å². The highest BCUT2D eigenvalue weighted by Gasteiger charge is 2.20. The van der Waals surface area contributed by atoms with Gasteiger partial charge in [-0.15, -0.1) is 0 Å². The molecule has 1 aromatic heterocycles. The second kappa shape index (κ2) is 3.67. The second-order valence-corrected chi connectivity index (χ2v) is 4.96. The molecule has 0 spiro atoms. The molecule has 0 fully saturated rings. The van der Waals surface area contributed by atoms with E-state index in [1.807, 2.05) is 18.3 Å². The Labute approximate surface area is 95.1 Å². The lowest BCUT2D eigenvalue weighted by Crippen LogP contribution is -2.11. The molecule has 1 heterocycles. The standard InChI is InChI=1S/C13H16N2O/c1-13(2,3)11-8-14-15-12(11)9-5-4-6-10(16)7-9/h4-8,16H,1-3H3,(H,14,15). The fourth-order valence-electron chi connectivity index (χ4n) is 1.74. The highest BCUT2D eigenvalue weighted by molar-refractivity contribution is 5.65. The Morgan fingerprint density at radius 3 is 2.62 bits per heavy atom. The summed E-state index contributed by atoms with van der Waals surface area (Å²) >= 11 is 0. The lowest BCUT2D eigenvalue weighted by molar-refractivity contribution is 0.475. The van der Waals surface area contributed by atoms with Crippen LogP contribution in [0.4, 0.5) is 0 Å². The number of aromatic nitrogens is 2. The zero-order valence-corrected chi connectivity index (χ0v) is 9.78. The van der Waals surface area contributed by atoms with Crippen molar-refractivity contribution in [3.63, 3.8) is 0 Å². The molecule has 1 aromatic carbocycles. The molecule has 0 aliphatic heterocycles. The molecule has 0 bridgehead atoms. The van der Waals surface area contributed by atoms with E-state index in [1.54, 1.807) is 12.1 Å². The maximum Gasteiger partial charge on any atom is 0.116 e. The van der Waals surface area contributed by atoms with Crippen molar-refractivity contribution < 1.29 is 5.11 Å². The predicted octanol–water partition coefficient (Wildman–Crippen LogP) is 3.08. The molecule has 0 atom stereocenters. The van der Waals surface area contributed by atoms with E-state index in [4.69, 9.17) is 0 Å². The van der Waals surface area contributed by atoms with E-state index in [2.05, 4.69) is 31.0 Å². The first kappa shape index (κ1) is 10.7. The first-order valence-electron chi connectivity index (χ1n) is 5.32. The molecule has 2 N–H and O–H groups in total. The van der Waals surface area contributed by atoms with Crippen molar-refractivity contribution in [2.24, 2.45) is 0 Å². The minimum atomic E-state index is 0.0355. The van der Waals surface area contributed by atoms with Crippen molar-refractivity contribution in [3.8, 4) is 17.0 Å². The monoisotopic (exact) mass is 216 g/mol. The van der Waals surface area contributed by atoms with Crippen LogP contribution < -0.4 is 0 Å². The third-order valence-corrected chi connectivity index (χ3v) is 2.58. The van der Waals surface area contributed by atoms with Gasteiger partial charge in [0.2, 0.25) is 0 Å². The minimum Gasteiger partial charge on any atom is -0.508 e. The number of rotatable bonds is 1. The van der Waals surface area contributed by atoms with Crippen molar-refractivity contribution in [3.05, 3.63) is 36.0 Å². The van der Waals surface area contributed by atoms with Crippen LogP contribution in [0.25, 0.3) is 11.3 Å². The van der Waals surface area contributed by atoms with E-state index in [0.29, 0.717) is 0 Å². The molecule has 0 unspecified atom stereocenters. The number of nitrogens with zero attached hydrogens (tertiary/aromatic N) is 1. The Bertz CT molecular complexity index is 495. The number of H-pyrrole nitrogens is 1. The van der Waals surface area contributed by atoms with Crippen molar-refractivity contribution in [1.29, 1.82) is 0 Å². The maximum absolute atomic E-state index is 9.47. The summed E-state index contributed by atoms with van der Waals surface area (Å²) in [5, 5.41) is 16.6. The molecule has 0 amide bonds. The van der Waals surface area contributed by atoms with Crippen LogP contribution in [0.1, 0.15) is 26.3 Å². The number of phenols is 1. The van der Waals surface area contributed by atoms with Gasteiger partial charge in [-0.1, -0.05) is 32.9 Å². The van der Waals surface area contributed by atoms with Gasteiger partial charge in [0.1, 0.15) is 5.75 Å². The maximum atomic E-state index is 9.47. The molecule has 16 heavy (non-hydrogen) atoms. The number of nitrogens with one attached hydrogen (secondary N) is 1. The molecule has 2 aromatic rings. The molecule has 3 nitrogen and oxygen atoms in total. The molecule has 0 saturated heterocycles. The summed E-state index contributed by atoms with van der Waals surface area (Å²) < 4.78 is 0. The zero-order chi connectivity index (χ0) is 11.8. The van der Waals surface area contributed by atoms with Crippen LogP contribution in [0, 0.1) is 0 Å². The highest BCUT2D eigenvalue weighted by atomic mass is 16.3. The second-order valence-electron chi connectivity index (χ2n) is 4.96. The quantitative estimate of drug-likeness (QED) is 0.769. The predicted molar refractivity (Wildman–Crippen MR) is 64.4 cm³/mol. The number of benzene rings is 1. The Kier molecular flexibility index (Phi) is 2.46. The number of phenolic OH excluding ortho intramolecular Hbond substituents is 1. The smallest absolute Gasteiger partial charge is 0.116 e.